The van der Waals surface area contributed by atoms with E-state index in [1.54, 1.807) is 18.2 Å². The monoisotopic (exact) mass is 407 g/mol. The molecule has 8 heteroatoms. The molecule has 2 aromatic rings. The number of hydrogen-bond acceptors (Lipinski definition) is 5. The van der Waals surface area contributed by atoms with Crippen molar-refractivity contribution in [3.05, 3.63) is 40.4 Å². The highest BCUT2D eigenvalue weighted by Crippen LogP contribution is 2.26. The van der Waals surface area contributed by atoms with Crippen LogP contribution >= 0.6 is 22.9 Å². The fourth-order valence-corrected chi connectivity index (χ4v) is 4.00. The maximum Gasteiger partial charge on any atom is 0.231 e. The smallest absolute Gasteiger partial charge is 0.231 e. The first-order chi connectivity index (χ1) is 13.1. The van der Waals surface area contributed by atoms with E-state index in [4.69, 9.17) is 16.3 Å². The maximum absolute atomic E-state index is 12.6. The molecule has 2 amide bonds. The lowest BCUT2D eigenvalue weighted by molar-refractivity contribution is -0.134. The van der Waals surface area contributed by atoms with Crippen LogP contribution in [0.1, 0.15) is 24.8 Å². The molecule has 27 heavy (non-hydrogen) atoms. The molecule has 0 radical (unpaired) electrons. The second-order valence-corrected chi connectivity index (χ2v) is 7.78. The summed E-state index contributed by atoms with van der Waals surface area (Å²) in [6, 6.07) is 5.55. The number of aromatic nitrogens is 1. The number of carbonyl (C=O) groups is 2. The zero-order valence-electron chi connectivity index (χ0n) is 15.1. The first kappa shape index (κ1) is 19.6. The Bertz CT molecular complexity index is 798. The van der Waals surface area contributed by atoms with Crippen LogP contribution in [0.15, 0.2) is 29.8 Å². The fraction of sp³-hybridized carbons (Fsp3) is 0.421. The molecule has 3 rings (SSSR count). The van der Waals surface area contributed by atoms with E-state index < -0.39 is 0 Å². The zero-order chi connectivity index (χ0) is 19.2. The van der Waals surface area contributed by atoms with E-state index in [1.165, 1.54) is 11.3 Å². The van der Waals surface area contributed by atoms with Gasteiger partial charge in [0, 0.05) is 31.1 Å². The van der Waals surface area contributed by atoms with E-state index >= 15 is 0 Å². The molecule has 1 aliphatic heterocycles. The zero-order valence-corrected chi connectivity index (χ0v) is 16.7. The van der Waals surface area contributed by atoms with Gasteiger partial charge < -0.3 is 15.0 Å². The maximum atomic E-state index is 12.6. The SMILES string of the molecule is COc1ccc(CCC(=O)N2CCCC(C(=O)Nc3nccs3)C2)cc1Cl. The van der Waals surface area contributed by atoms with Crippen LogP contribution in [0.5, 0.6) is 5.75 Å². The lowest BCUT2D eigenvalue weighted by atomic mass is 9.96. The number of anilines is 1. The standard InChI is InChI=1S/C19H22ClN3O3S/c1-26-16-6-4-13(11-15(16)20)5-7-17(24)23-9-2-3-14(12-23)18(25)22-19-21-8-10-27-19/h4,6,8,10-11,14H,2-3,5,7,9,12H2,1H3,(H,21,22,25). The molecule has 1 atom stereocenters. The van der Waals surface area contributed by atoms with E-state index in [0.29, 0.717) is 41.8 Å². The Labute approximate surface area is 167 Å². The van der Waals surface area contributed by atoms with Crippen molar-refractivity contribution in [1.29, 1.82) is 0 Å². The highest BCUT2D eigenvalue weighted by atomic mass is 35.5. The second-order valence-electron chi connectivity index (χ2n) is 6.47. The molecule has 1 aromatic heterocycles. The van der Waals surface area contributed by atoms with Gasteiger partial charge in [-0.15, -0.1) is 11.3 Å². The summed E-state index contributed by atoms with van der Waals surface area (Å²) in [5.41, 5.74) is 0.990. The molecule has 144 valence electrons. The summed E-state index contributed by atoms with van der Waals surface area (Å²) in [5.74, 6) is 0.428. The first-order valence-electron chi connectivity index (χ1n) is 8.87. The van der Waals surface area contributed by atoms with Crippen LogP contribution in [0.25, 0.3) is 0 Å². The minimum Gasteiger partial charge on any atom is -0.495 e. The molecule has 0 aliphatic carbocycles. The third-order valence-corrected chi connectivity index (χ3v) is 5.63. The lowest BCUT2D eigenvalue weighted by Gasteiger charge is -2.32. The first-order valence-corrected chi connectivity index (χ1v) is 10.1. The lowest BCUT2D eigenvalue weighted by Crippen LogP contribution is -2.43. The van der Waals surface area contributed by atoms with Gasteiger partial charge in [-0.25, -0.2) is 4.98 Å². The number of nitrogens with zero attached hydrogens (tertiary/aromatic N) is 2. The Balaban J connectivity index is 1.52. The van der Waals surface area contributed by atoms with Crippen molar-refractivity contribution in [2.75, 3.05) is 25.5 Å². The summed E-state index contributed by atoms with van der Waals surface area (Å²) in [4.78, 5) is 30.9. The van der Waals surface area contributed by atoms with Crippen LogP contribution < -0.4 is 10.1 Å². The van der Waals surface area contributed by atoms with Gasteiger partial charge in [0.05, 0.1) is 18.1 Å². The molecule has 0 saturated carbocycles. The van der Waals surface area contributed by atoms with Crippen molar-refractivity contribution in [1.82, 2.24) is 9.88 Å². The van der Waals surface area contributed by atoms with Gasteiger partial charge in [0.2, 0.25) is 11.8 Å². The normalized spacial score (nSPS) is 16.8. The minimum atomic E-state index is -0.193. The van der Waals surface area contributed by atoms with Gasteiger partial charge in [0.1, 0.15) is 5.75 Å². The van der Waals surface area contributed by atoms with Crippen molar-refractivity contribution in [2.45, 2.75) is 25.7 Å². The highest BCUT2D eigenvalue weighted by Gasteiger charge is 2.28. The molecule has 2 heterocycles. The number of likely N-dealkylation sites (tertiary alicyclic amines) is 1. The van der Waals surface area contributed by atoms with Crippen LogP contribution in [-0.2, 0) is 16.0 Å². The van der Waals surface area contributed by atoms with Gasteiger partial charge in [0.15, 0.2) is 5.13 Å². The number of rotatable bonds is 6. The summed E-state index contributed by atoms with van der Waals surface area (Å²) in [7, 11) is 1.57. The van der Waals surface area contributed by atoms with Crippen molar-refractivity contribution in [3.8, 4) is 5.75 Å². The van der Waals surface area contributed by atoms with E-state index in [9.17, 15) is 9.59 Å². The Hall–Kier alpha value is -2.12. The minimum absolute atomic E-state index is 0.0636. The van der Waals surface area contributed by atoms with E-state index in [2.05, 4.69) is 10.3 Å². The fourth-order valence-electron chi connectivity index (χ4n) is 3.19. The molecule has 1 fully saturated rings. The number of carbonyl (C=O) groups excluding carboxylic acids is 2. The van der Waals surface area contributed by atoms with Gasteiger partial charge in [-0.05, 0) is 37.0 Å². The second kappa shape index (κ2) is 9.19. The van der Waals surface area contributed by atoms with Gasteiger partial charge in [-0.2, -0.15) is 0 Å². The predicted octanol–water partition coefficient (Wildman–Crippen LogP) is 3.62. The third-order valence-electron chi connectivity index (χ3n) is 4.65. The number of aryl methyl sites for hydroxylation is 1. The molecular formula is C19H22ClN3O3S. The van der Waals surface area contributed by atoms with Crippen molar-refractivity contribution >= 4 is 39.9 Å². The van der Waals surface area contributed by atoms with Gasteiger partial charge in [0.25, 0.3) is 0 Å². The molecule has 1 unspecified atom stereocenters. The number of benzene rings is 1. The number of halogens is 1. The van der Waals surface area contributed by atoms with Gasteiger partial charge >= 0.3 is 0 Å². The van der Waals surface area contributed by atoms with Crippen molar-refractivity contribution < 1.29 is 14.3 Å². The highest BCUT2D eigenvalue weighted by molar-refractivity contribution is 7.13. The third kappa shape index (κ3) is 5.20. The molecule has 1 aromatic carbocycles. The number of hydrogen-bond donors (Lipinski definition) is 1. The van der Waals surface area contributed by atoms with E-state index in [1.807, 2.05) is 23.6 Å². The van der Waals surface area contributed by atoms with Crippen LogP contribution in [0, 0.1) is 5.92 Å². The van der Waals surface area contributed by atoms with Crippen LogP contribution in [0.2, 0.25) is 5.02 Å². The molecule has 1 saturated heterocycles. The van der Waals surface area contributed by atoms with Gasteiger partial charge in [-0.1, -0.05) is 17.7 Å². The Kier molecular flexibility index (Phi) is 6.68. The number of nitrogens with one attached hydrogen (secondary N) is 1. The summed E-state index contributed by atoms with van der Waals surface area (Å²) in [6.45, 7) is 1.16. The summed E-state index contributed by atoms with van der Waals surface area (Å²) in [5, 5.41) is 5.79. The van der Waals surface area contributed by atoms with Gasteiger partial charge in [-0.3, -0.25) is 9.59 Å². The van der Waals surface area contributed by atoms with Crippen LogP contribution in [-0.4, -0.2) is 41.9 Å². The summed E-state index contributed by atoms with van der Waals surface area (Å²) >= 11 is 7.53. The molecule has 1 aliphatic rings. The van der Waals surface area contributed by atoms with Crippen molar-refractivity contribution in [3.63, 3.8) is 0 Å². The number of amides is 2. The van der Waals surface area contributed by atoms with Crippen molar-refractivity contribution in [2.24, 2.45) is 5.92 Å². The van der Waals surface area contributed by atoms with Crippen LogP contribution in [0.4, 0.5) is 5.13 Å². The molecular weight excluding hydrogens is 386 g/mol. The Morgan fingerprint density at radius 3 is 3.00 bits per heavy atom. The van der Waals surface area contributed by atoms with E-state index in [0.717, 1.165) is 18.4 Å². The molecule has 6 nitrogen and oxygen atoms in total. The number of methoxy groups -OCH3 is 1. The topological polar surface area (TPSA) is 71.5 Å². The average molecular weight is 408 g/mol. The number of piperidine rings is 1. The van der Waals surface area contributed by atoms with E-state index in [-0.39, 0.29) is 17.7 Å². The number of thiazole rings is 1. The molecule has 1 N–H and O–H groups in total. The Morgan fingerprint density at radius 2 is 2.30 bits per heavy atom. The quantitative estimate of drug-likeness (QED) is 0.793. The largest absolute Gasteiger partial charge is 0.495 e. The average Bonchev–Trinajstić information content (AvgIpc) is 3.19. The molecule has 0 bridgehead atoms. The Morgan fingerprint density at radius 1 is 1.44 bits per heavy atom. The van der Waals surface area contributed by atoms with Crippen LogP contribution in [0.3, 0.4) is 0 Å². The number of ether oxygens (including phenoxy) is 1. The summed E-state index contributed by atoms with van der Waals surface area (Å²) < 4.78 is 5.14. The summed E-state index contributed by atoms with van der Waals surface area (Å²) in [6.07, 6.45) is 4.27. The predicted molar refractivity (Wildman–Crippen MR) is 106 cm³/mol. The molecule has 0 spiro atoms.